The Bertz CT molecular complexity index is 1400. The van der Waals surface area contributed by atoms with E-state index in [1.807, 2.05) is 0 Å². The molecule has 176 valence electrons. The first-order chi connectivity index (χ1) is 16.9. The fourth-order valence-corrected chi connectivity index (χ4v) is 4.27. The predicted octanol–water partition coefficient (Wildman–Crippen LogP) is 3.53. The Labute approximate surface area is 199 Å². The first kappa shape index (κ1) is 22.1. The number of hydrogen-bond acceptors (Lipinski definition) is 5. The number of primary amides is 1. The van der Waals surface area contributed by atoms with Crippen LogP contribution in [0.25, 0.3) is 11.3 Å². The lowest BCUT2D eigenvalue weighted by Gasteiger charge is -2.26. The van der Waals surface area contributed by atoms with E-state index >= 15 is 0 Å². The molecule has 9 heteroatoms. The Balaban J connectivity index is 1.58. The van der Waals surface area contributed by atoms with Crippen molar-refractivity contribution in [2.45, 2.75) is 12.6 Å². The maximum atomic E-state index is 13.5. The molecule has 4 aromatic rings. The number of ether oxygens (including phenoxy) is 1. The monoisotopic (exact) mass is 472 g/mol. The van der Waals surface area contributed by atoms with Gasteiger partial charge in [0, 0.05) is 17.7 Å². The number of para-hydroxylation sites is 1. The number of nitrogens with zero attached hydrogens (tertiary/aromatic N) is 2. The maximum absolute atomic E-state index is 13.5. The molecule has 2 heterocycles. The van der Waals surface area contributed by atoms with Crippen molar-refractivity contribution in [3.8, 4) is 22.8 Å². The predicted molar refractivity (Wildman–Crippen MR) is 125 cm³/mol. The zero-order chi connectivity index (χ0) is 24.5. The Morgan fingerprint density at radius 3 is 2.49 bits per heavy atom. The third-order valence-electron chi connectivity index (χ3n) is 5.87. The average Bonchev–Trinajstić information content (AvgIpc) is 3.39. The molecule has 0 saturated heterocycles. The molecule has 8 nitrogen and oxygen atoms in total. The second-order valence-corrected chi connectivity index (χ2v) is 8.16. The van der Waals surface area contributed by atoms with E-state index in [1.165, 1.54) is 12.1 Å². The summed E-state index contributed by atoms with van der Waals surface area (Å²) in [6.45, 7) is -0.0201. The summed E-state index contributed by atoms with van der Waals surface area (Å²) < 4.78 is 18.8. The van der Waals surface area contributed by atoms with Crippen LogP contribution in [0.3, 0.4) is 0 Å². The van der Waals surface area contributed by atoms with E-state index in [0.29, 0.717) is 28.3 Å². The summed E-state index contributed by atoms with van der Waals surface area (Å²) in [5, 5.41) is 17.7. The van der Waals surface area contributed by atoms with Gasteiger partial charge < -0.3 is 20.5 Å². The second-order valence-electron chi connectivity index (χ2n) is 8.16. The van der Waals surface area contributed by atoms with Crippen LogP contribution < -0.4 is 10.5 Å². The summed E-state index contributed by atoms with van der Waals surface area (Å²) in [5.74, 6) is -0.717. The first-order valence-electron chi connectivity index (χ1n) is 10.9. The van der Waals surface area contributed by atoms with E-state index < -0.39 is 11.9 Å². The van der Waals surface area contributed by atoms with Gasteiger partial charge in [-0.3, -0.25) is 14.7 Å². The molecule has 0 bridgehead atoms. The summed E-state index contributed by atoms with van der Waals surface area (Å²) in [4.78, 5) is 26.2. The number of hydrogen-bond donors (Lipinski definition) is 3. The van der Waals surface area contributed by atoms with Gasteiger partial charge in [-0.1, -0.05) is 36.4 Å². The third kappa shape index (κ3) is 4.19. The number of halogens is 1. The van der Waals surface area contributed by atoms with Crippen LogP contribution in [0.2, 0.25) is 0 Å². The van der Waals surface area contributed by atoms with Crippen molar-refractivity contribution in [3.05, 3.63) is 101 Å². The number of aromatic hydroxyl groups is 1. The van der Waals surface area contributed by atoms with Gasteiger partial charge in [0.15, 0.2) is 6.61 Å². The Kier molecular flexibility index (Phi) is 5.66. The Hall–Kier alpha value is -4.66. The largest absolute Gasteiger partial charge is 0.507 e. The van der Waals surface area contributed by atoms with Crippen molar-refractivity contribution in [1.29, 1.82) is 0 Å². The molecule has 1 aromatic heterocycles. The minimum Gasteiger partial charge on any atom is -0.507 e. The van der Waals surface area contributed by atoms with E-state index in [1.54, 1.807) is 65.6 Å². The molecule has 0 unspecified atom stereocenters. The van der Waals surface area contributed by atoms with Crippen molar-refractivity contribution >= 4 is 11.8 Å². The number of H-pyrrole nitrogens is 1. The topological polar surface area (TPSA) is 122 Å². The van der Waals surface area contributed by atoms with E-state index in [-0.39, 0.29) is 30.6 Å². The fourth-order valence-electron chi connectivity index (χ4n) is 4.27. The third-order valence-corrected chi connectivity index (χ3v) is 5.87. The highest BCUT2D eigenvalue weighted by Crippen LogP contribution is 2.45. The quantitative estimate of drug-likeness (QED) is 0.380. The molecule has 5 rings (SSSR count). The van der Waals surface area contributed by atoms with Crippen molar-refractivity contribution in [1.82, 2.24) is 15.1 Å². The average molecular weight is 472 g/mol. The number of nitrogens with two attached hydrogens (primary N) is 1. The van der Waals surface area contributed by atoms with Crippen LogP contribution in [0, 0.1) is 5.82 Å². The number of phenolic OH excluding ortho intramolecular Hbond substituents is 1. The molecule has 0 saturated carbocycles. The molecule has 2 amide bonds. The van der Waals surface area contributed by atoms with Crippen LogP contribution in [0.5, 0.6) is 11.5 Å². The summed E-state index contributed by atoms with van der Waals surface area (Å²) >= 11 is 0. The zero-order valence-electron chi connectivity index (χ0n) is 18.4. The summed E-state index contributed by atoms with van der Waals surface area (Å²) in [5.41, 5.74) is 8.58. The van der Waals surface area contributed by atoms with Crippen LogP contribution in [0.1, 0.15) is 33.2 Å². The minimum absolute atomic E-state index is 0.0418. The van der Waals surface area contributed by atoms with Crippen LogP contribution in [0.15, 0.2) is 72.8 Å². The zero-order valence-corrected chi connectivity index (χ0v) is 18.4. The van der Waals surface area contributed by atoms with Crippen LogP contribution >= 0.6 is 0 Å². The standard InChI is InChI=1S/C26H21FN4O4/c27-17-9-5-15(6-10-17)13-31-25(16-7-11-18(12-8-16)35-14-21(28)33)22-23(29-30-24(22)26(31)34)19-3-1-2-4-20(19)32/h1-12,25,32H,13-14H2,(H2,28,33)(H,29,30)/t25-/m0/s1. The maximum Gasteiger partial charge on any atom is 0.273 e. The number of nitrogens with one attached hydrogen (secondary N) is 1. The lowest BCUT2D eigenvalue weighted by Crippen LogP contribution is -2.29. The Morgan fingerprint density at radius 1 is 1.09 bits per heavy atom. The molecule has 1 aliphatic rings. The number of carbonyl (C=O) groups excluding carboxylic acids is 2. The molecule has 0 radical (unpaired) electrons. The molecule has 1 atom stereocenters. The van der Waals surface area contributed by atoms with Crippen molar-refractivity contribution < 1.29 is 23.8 Å². The fraction of sp³-hybridized carbons (Fsp3) is 0.115. The highest BCUT2D eigenvalue weighted by molar-refractivity contribution is 6.00. The van der Waals surface area contributed by atoms with Gasteiger partial charge in [0.25, 0.3) is 11.8 Å². The molecule has 0 spiro atoms. The molecular formula is C26H21FN4O4. The van der Waals surface area contributed by atoms with E-state index in [9.17, 15) is 19.1 Å². The molecule has 3 aromatic carbocycles. The number of rotatable bonds is 7. The van der Waals surface area contributed by atoms with Gasteiger partial charge in [-0.25, -0.2) is 4.39 Å². The van der Waals surface area contributed by atoms with Gasteiger partial charge in [0.2, 0.25) is 0 Å². The van der Waals surface area contributed by atoms with Gasteiger partial charge in [0.05, 0.1) is 6.04 Å². The highest BCUT2D eigenvalue weighted by Gasteiger charge is 2.42. The smallest absolute Gasteiger partial charge is 0.273 e. The lowest BCUT2D eigenvalue weighted by molar-refractivity contribution is -0.119. The second kappa shape index (κ2) is 8.94. The van der Waals surface area contributed by atoms with E-state index in [0.717, 1.165) is 11.1 Å². The van der Waals surface area contributed by atoms with Gasteiger partial charge in [0.1, 0.15) is 28.7 Å². The van der Waals surface area contributed by atoms with E-state index in [4.69, 9.17) is 10.5 Å². The highest BCUT2D eigenvalue weighted by atomic mass is 19.1. The number of benzene rings is 3. The van der Waals surface area contributed by atoms with Crippen LogP contribution in [-0.4, -0.2) is 38.6 Å². The molecule has 1 aliphatic heterocycles. The van der Waals surface area contributed by atoms with Crippen LogP contribution in [0.4, 0.5) is 4.39 Å². The Morgan fingerprint density at radius 2 is 1.80 bits per heavy atom. The summed E-state index contributed by atoms with van der Waals surface area (Å²) in [6.07, 6.45) is 0. The number of phenols is 1. The van der Waals surface area contributed by atoms with Crippen molar-refractivity contribution in [3.63, 3.8) is 0 Å². The SMILES string of the molecule is NC(=O)COc1ccc([C@H]2c3c(-c4ccccc4O)n[nH]c3C(=O)N2Cc2ccc(F)cc2)cc1. The molecule has 4 N–H and O–H groups in total. The van der Waals surface area contributed by atoms with E-state index in [2.05, 4.69) is 10.2 Å². The number of aromatic amines is 1. The lowest BCUT2D eigenvalue weighted by atomic mass is 9.95. The summed E-state index contributed by atoms with van der Waals surface area (Å²) in [7, 11) is 0. The number of aromatic nitrogens is 2. The summed E-state index contributed by atoms with van der Waals surface area (Å²) in [6, 6.07) is 19.2. The molecule has 0 fully saturated rings. The normalized spacial score (nSPS) is 14.7. The van der Waals surface area contributed by atoms with Crippen LogP contribution in [-0.2, 0) is 11.3 Å². The van der Waals surface area contributed by atoms with Gasteiger partial charge >= 0.3 is 0 Å². The van der Waals surface area contributed by atoms with Crippen molar-refractivity contribution in [2.75, 3.05) is 6.61 Å². The number of carbonyl (C=O) groups is 2. The number of fused-ring (bicyclic) bond motifs is 1. The molecular weight excluding hydrogens is 451 g/mol. The van der Waals surface area contributed by atoms with Gasteiger partial charge in [-0.2, -0.15) is 5.10 Å². The van der Waals surface area contributed by atoms with Gasteiger partial charge in [-0.15, -0.1) is 0 Å². The minimum atomic E-state index is -0.587. The molecule has 0 aliphatic carbocycles. The first-order valence-corrected chi connectivity index (χ1v) is 10.9. The number of amides is 2. The molecule has 35 heavy (non-hydrogen) atoms. The van der Waals surface area contributed by atoms with Crippen molar-refractivity contribution in [2.24, 2.45) is 5.73 Å². The van der Waals surface area contributed by atoms with Gasteiger partial charge in [-0.05, 0) is 47.5 Å².